The Morgan fingerprint density at radius 2 is 0.625 bits per heavy atom. The van der Waals surface area contributed by atoms with Gasteiger partial charge in [-0.1, -0.05) is 178 Å². The van der Waals surface area contributed by atoms with Crippen LogP contribution in [0.1, 0.15) is 244 Å². The van der Waals surface area contributed by atoms with Gasteiger partial charge in [0.1, 0.15) is 0 Å². The first kappa shape index (κ1) is 46.4. The van der Waals surface area contributed by atoms with Crippen LogP contribution in [0, 0.1) is 0 Å². The van der Waals surface area contributed by atoms with Crippen LogP contribution < -0.4 is 0 Å². The smallest absolute Gasteiger partial charge is 0.303 e. The largest absolute Gasteiger partial charge is 0.481 e. The van der Waals surface area contributed by atoms with Crippen molar-refractivity contribution in [3.63, 3.8) is 0 Å². The van der Waals surface area contributed by atoms with Crippen molar-refractivity contribution in [3.8, 4) is 0 Å². The predicted molar refractivity (Wildman–Crippen MR) is 209 cm³/mol. The number of allylic oxidation sites excluding steroid dienone is 4. The van der Waals surface area contributed by atoms with Gasteiger partial charge in [-0.3, -0.25) is 9.59 Å². The number of unbranched alkanes of at least 4 members (excludes halogenated alkanes) is 29. The van der Waals surface area contributed by atoms with Crippen molar-refractivity contribution in [1.29, 1.82) is 0 Å². The van der Waals surface area contributed by atoms with Crippen LogP contribution in [-0.4, -0.2) is 22.2 Å². The van der Waals surface area contributed by atoms with Gasteiger partial charge >= 0.3 is 11.9 Å². The van der Waals surface area contributed by atoms with Gasteiger partial charge in [0.2, 0.25) is 0 Å². The molecule has 0 bridgehead atoms. The molecule has 0 rings (SSSR count). The normalized spacial score (nSPS) is 12.0. The molecule has 0 radical (unpaired) electrons. The third-order valence-electron chi connectivity index (χ3n) is 9.93. The Morgan fingerprint density at radius 1 is 0.354 bits per heavy atom. The summed E-state index contributed by atoms with van der Waals surface area (Å²) in [5.74, 6) is -1.32. The van der Waals surface area contributed by atoms with Crippen LogP contribution >= 0.6 is 0 Å². The van der Waals surface area contributed by atoms with Crippen molar-refractivity contribution in [3.05, 3.63) is 23.8 Å². The summed E-state index contributed by atoms with van der Waals surface area (Å²) in [4.78, 5) is 21.1. The summed E-state index contributed by atoms with van der Waals surface area (Å²) < 4.78 is 0. The van der Waals surface area contributed by atoms with Crippen molar-refractivity contribution in [2.45, 2.75) is 244 Å². The standard InChI is InChI=1S/C44H82O4/c1-2-3-4-5-27-32-37-42(39-34-29-24-20-17-18-22-26-31-36-41-44(47)48)38-33-28-23-19-15-13-11-9-7-6-8-10-12-14-16-21-25-30-35-40-43(45)46/h6-7,39H,2-5,8-38,40-41H2,1H3,(H,45,46)(H,47,48). The average Bonchev–Trinajstić information content (AvgIpc) is 3.06. The van der Waals surface area contributed by atoms with Crippen molar-refractivity contribution >= 4 is 11.9 Å². The van der Waals surface area contributed by atoms with Crippen LogP contribution in [0.5, 0.6) is 0 Å². The van der Waals surface area contributed by atoms with Gasteiger partial charge < -0.3 is 10.2 Å². The van der Waals surface area contributed by atoms with Crippen molar-refractivity contribution < 1.29 is 19.8 Å². The lowest BCUT2D eigenvalue weighted by Crippen LogP contribution is -1.93. The van der Waals surface area contributed by atoms with Crippen molar-refractivity contribution in [1.82, 2.24) is 0 Å². The van der Waals surface area contributed by atoms with E-state index in [1.165, 1.54) is 199 Å². The Labute approximate surface area is 299 Å². The maximum absolute atomic E-state index is 10.6. The molecule has 0 heterocycles. The zero-order valence-corrected chi connectivity index (χ0v) is 32.1. The van der Waals surface area contributed by atoms with Gasteiger partial charge in [-0.15, -0.1) is 0 Å². The number of carboxylic acid groups (broad SMARTS) is 2. The first-order chi connectivity index (χ1) is 23.6. The van der Waals surface area contributed by atoms with E-state index in [4.69, 9.17) is 10.2 Å². The zero-order valence-electron chi connectivity index (χ0n) is 32.1. The number of carboxylic acids is 2. The molecule has 0 saturated heterocycles. The van der Waals surface area contributed by atoms with Gasteiger partial charge in [-0.05, 0) is 77.0 Å². The lowest BCUT2D eigenvalue weighted by atomic mass is 9.97. The van der Waals surface area contributed by atoms with Gasteiger partial charge in [0.05, 0.1) is 0 Å². The Morgan fingerprint density at radius 3 is 0.958 bits per heavy atom. The molecule has 0 aromatic carbocycles. The molecule has 0 aliphatic carbocycles. The maximum atomic E-state index is 10.6. The minimum absolute atomic E-state index is 0.330. The Hall–Kier alpha value is -1.58. The molecule has 0 spiro atoms. The van der Waals surface area contributed by atoms with Crippen LogP contribution in [0.3, 0.4) is 0 Å². The number of rotatable bonds is 40. The van der Waals surface area contributed by atoms with E-state index in [9.17, 15) is 9.59 Å². The highest BCUT2D eigenvalue weighted by molar-refractivity contribution is 5.66. The molecular weight excluding hydrogens is 592 g/mol. The van der Waals surface area contributed by atoms with E-state index in [0.29, 0.717) is 12.8 Å². The van der Waals surface area contributed by atoms with E-state index < -0.39 is 11.9 Å². The third-order valence-corrected chi connectivity index (χ3v) is 9.93. The van der Waals surface area contributed by atoms with Crippen molar-refractivity contribution in [2.24, 2.45) is 0 Å². The fourth-order valence-electron chi connectivity index (χ4n) is 6.76. The van der Waals surface area contributed by atoms with E-state index in [0.717, 1.165) is 25.7 Å². The quantitative estimate of drug-likeness (QED) is 0.0501. The van der Waals surface area contributed by atoms with E-state index in [-0.39, 0.29) is 0 Å². The molecule has 0 fully saturated rings. The summed E-state index contributed by atoms with van der Waals surface area (Å²) in [5, 5.41) is 17.4. The van der Waals surface area contributed by atoms with E-state index in [2.05, 4.69) is 25.2 Å². The summed E-state index contributed by atoms with van der Waals surface area (Å²) in [7, 11) is 0. The molecule has 282 valence electrons. The molecule has 0 aromatic heterocycles. The molecule has 2 N–H and O–H groups in total. The highest BCUT2D eigenvalue weighted by Gasteiger charge is 2.02. The number of hydrogen-bond acceptors (Lipinski definition) is 2. The van der Waals surface area contributed by atoms with Crippen LogP contribution in [0.15, 0.2) is 23.8 Å². The average molecular weight is 675 g/mol. The number of aliphatic carboxylic acids is 2. The fraction of sp³-hybridized carbons (Fsp3) is 0.864. The summed E-state index contributed by atoms with van der Waals surface area (Å²) in [6, 6.07) is 0. The molecule has 4 nitrogen and oxygen atoms in total. The summed E-state index contributed by atoms with van der Waals surface area (Å²) >= 11 is 0. The first-order valence-corrected chi connectivity index (χ1v) is 21.3. The lowest BCUT2D eigenvalue weighted by Gasteiger charge is -2.09. The van der Waals surface area contributed by atoms with Gasteiger partial charge in [-0.25, -0.2) is 0 Å². The molecule has 0 unspecified atom stereocenters. The van der Waals surface area contributed by atoms with Gasteiger partial charge in [0.25, 0.3) is 0 Å². The second kappa shape index (κ2) is 39.9. The molecule has 0 saturated carbocycles. The lowest BCUT2D eigenvalue weighted by molar-refractivity contribution is -0.138. The van der Waals surface area contributed by atoms with Crippen LogP contribution in [0.2, 0.25) is 0 Å². The Kier molecular flexibility index (Phi) is 38.5. The van der Waals surface area contributed by atoms with Crippen LogP contribution in [0.4, 0.5) is 0 Å². The molecule has 0 amide bonds. The minimum atomic E-state index is -0.661. The van der Waals surface area contributed by atoms with Crippen molar-refractivity contribution in [2.75, 3.05) is 0 Å². The zero-order chi connectivity index (χ0) is 35.0. The predicted octanol–water partition coefficient (Wildman–Crippen LogP) is 15.1. The molecule has 4 heteroatoms. The second-order valence-electron chi connectivity index (χ2n) is 14.7. The fourth-order valence-corrected chi connectivity index (χ4v) is 6.76. The van der Waals surface area contributed by atoms with Gasteiger partial charge in [0, 0.05) is 12.8 Å². The maximum Gasteiger partial charge on any atom is 0.303 e. The number of hydrogen-bond donors (Lipinski definition) is 2. The second-order valence-corrected chi connectivity index (χ2v) is 14.7. The molecule has 0 aliphatic heterocycles. The molecule has 0 aromatic rings. The molecule has 48 heavy (non-hydrogen) atoms. The minimum Gasteiger partial charge on any atom is -0.481 e. The number of carbonyl (C=O) groups is 2. The first-order valence-electron chi connectivity index (χ1n) is 21.3. The summed E-state index contributed by atoms with van der Waals surface area (Å²) in [6.07, 6.45) is 53.3. The molecular formula is C44H82O4. The summed E-state index contributed by atoms with van der Waals surface area (Å²) in [6.45, 7) is 2.30. The molecule has 0 atom stereocenters. The van der Waals surface area contributed by atoms with Gasteiger partial charge in [-0.2, -0.15) is 0 Å². The SMILES string of the molecule is CCCCCCCCC(=CCCCCCCCCCCCC(=O)O)CCCCCCCCCC=CCCCCCCCCCCC(=O)O. The van der Waals surface area contributed by atoms with Crippen LogP contribution in [0.25, 0.3) is 0 Å². The Balaban J connectivity index is 3.79. The summed E-state index contributed by atoms with van der Waals surface area (Å²) in [5.41, 5.74) is 1.75. The Bertz CT molecular complexity index is 740. The van der Waals surface area contributed by atoms with E-state index >= 15 is 0 Å². The van der Waals surface area contributed by atoms with E-state index in [1.54, 1.807) is 5.57 Å². The van der Waals surface area contributed by atoms with Crippen LogP contribution in [-0.2, 0) is 9.59 Å². The van der Waals surface area contributed by atoms with Gasteiger partial charge in [0.15, 0.2) is 0 Å². The highest BCUT2D eigenvalue weighted by Crippen LogP contribution is 2.21. The monoisotopic (exact) mass is 675 g/mol. The third kappa shape index (κ3) is 40.6. The molecule has 0 aliphatic rings. The highest BCUT2D eigenvalue weighted by atomic mass is 16.4. The van der Waals surface area contributed by atoms with E-state index in [1.807, 2.05) is 0 Å². The topological polar surface area (TPSA) is 74.6 Å².